The lowest BCUT2D eigenvalue weighted by Gasteiger charge is -2.22. The quantitative estimate of drug-likeness (QED) is 0.878. The van der Waals surface area contributed by atoms with Crippen molar-refractivity contribution in [1.29, 1.82) is 0 Å². The molecule has 0 heterocycles. The van der Waals surface area contributed by atoms with E-state index in [1.807, 2.05) is 39.8 Å². The summed E-state index contributed by atoms with van der Waals surface area (Å²) in [5, 5.41) is 6.25. The molecule has 1 aromatic rings. The van der Waals surface area contributed by atoms with Crippen LogP contribution in [0.25, 0.3) is 0 Å². The zero-order chi connectivity index (χ0) is 17.0. The lowest BCUT2D eigenvalue weighted by Crippen LogP contribution is -2.41. The molecule has 0 saturated carbocycles. The predicted octanol–water partition coefficient (Wildman–Crippen LogP) is 4.16. The Morgan fingerprint density at radius 1 is 1.05 bits per heavy atom. The molecule has 4 nitrogen and oxygen atoms in total. The standard InChI is InChI=1S/C18H30N2O2/c1-13(22-16(21)20-18(5,6)7)15-10-8-14(9-11-15)12-19-17(2,3)4/h8-11,13,19H,12H2,1-7H3,(H,20,21)/t13-/m0/s1. The van der Waals surface area contributed by atoms with Gasteiger partial charge >= 0.3 is 6.09 Å². The summed E-state index contributed by atoms with van der Waals surface area (Å²) in [7, 11) is 0. The van der Waals surface area contributed by atoms with E-state index in [1.165, 1.54) is 5.56 Å². The number of benzene rings is 1. The molecule has 22 heavy (non-hydrogen) atoms. The minimum Gasteiger partial charge on any atom is -0.442 e. The summed E-state index contributed by atoms with van der Waals surface area (Å²) in [6.07, 6.45) is -0.662. The first-order valence-corrected chi connectivity index (χ1v) is 7.79. The van der Waals surface area contributed by atoms with Crippen molar-refractivity contribution in [2.45, 2.75) is 72.2 Å². The highest BCUT2D eigenvalue weighted by Gasteiger charge is 2.17. The van der Waals surface area contributed by atoms with Crippen LogP contribution in [0.5, 0.6) is 0 Å². The van der Waals surface area contributed by atoms with E-state index in [4.69, 9.17) is 4.74 Å². The van der Waals surface area contributed by atoms with E-state index in [-0.39, 0.29) is 17.2 Å². The number of nitrogens with one attached hydrogen (secondary N) is 2. The number of carbonyl (C=O) groups is 1. The largest absolute Gasteiger partial charge is 0.442 e. The van der Waals surface area contributed by atoms with Gasteiger partial charge in [-0.2, -0.15) is 0 Å². The third kappa shape index (κ3) is 7.46. The van der Waals surface area contributed by atoms with Crippen molar-refractivity contribution in [3.8, 4) is 0 Å². The van der Waals surface area contributed by atoms with Gasteiger partial charge in [0.1, 0.15) is 6.10 Å². The van der Waals surface area contributed by atoms with Crippen LogP contribution in [-0.2, 0) is 11.3 Å². The summed E-state index contributed by atoms with van der Waals surface area (Å²) >= 11 is 0. The molecule has 0 aliphatic carbocycles. The molecule has 0 unspecified atom stereocenters. The molecule has 2 N–H and O–H groups in total. The molecule has 4 heteroatoms. The van der Waals surface area contributed by atoms with Crippen molar-refractivity contribution >= 4 is 6.09 Å². The number of hydrogen-bond acceptors (Lipinski definition) is 3. The zero-order valence-electron chi connectivity index (χ0n) is 14.9. The second kappa shape index (κ2) is 7.14. The molecule has 0 aromatic heterocycles. The van der Waals surface area contributed by atoms with E-state index in [1.54, 1.807) is 0 Å². The SMILES string of the molecule is C[C@H](OC(=O)NC(C)(C)C)c1ccc(CNC(C)(C)C)cc1. The lowest BCUT2D eigenvalue weighted by molar-refractivity contribution is 0.100. The van der Waals surface area contributed by atoms with Crippen LogP contribution in [0.3, 0.4) is 0 Å². The number of hydrogen-bond donors (Lipinski definition) is 2. The van der Waals surface area contributed by atoms with Gasteiger partial charge in [0.15, 0.2) is 0 Å². The number of rotatable bonds is 4. The average molecular weight is 306 g/mol. The summed E-state index contributed by atoms with van der Waals surface area (Å²) < 4.78 is 5.40. The van der Waals surface area contributed by atoms with Gasteiger partial charge in [-0.25, -0.2) is 4.79 Å². The highest BCUT2D eigenvalue weighted by atomic mass is 16.6. The maximum Gasteiger partial charge on any atom is 0.408 e. The number of amides is 1. The van der Waals surface area contributed by atoms with Gasteiger partial charge < -0.3 is 15.4 Å². The van der Waals surface area contributed by atoms with E-state index >= 15 is 0 Å². The Kier molecular flexibility index (Phi) is 6.00. The first kappa shape index (κ1) is 18.5. The minimum absolute atomic E-state index is 0.0973. The summed E-state index contributed by atoms with van der Waals surface area (Å²) in [4.78, 5) is 11.8. The summed E-state index contributed by atoms with van der Waals surface area (Å²) in [6.45, 7) is 14.9. The monoisotopic (exact) mass is 306 g/mol. The van der Waals surface area contributed by atoms with E-state index in [9.17, 15) is 4.79 Å². The van der Waals surface area contributed by atoms with Crippen LogP contribution in [0, 0.1) is 0 Å². The molecule has 0 radical (unpaired) electrons. The van der Waals surface area contributed by atoms with Gasteiger partial charge in [-0.3, -0.25) is 0 Å². The molecule has 0 spiro atoms. The average Bonchev–Trinajstić information content (AvgIpc) is 2.33. The molecule has 1 aromatic carbocycles. The predicted molar refractivity (Wildman–Crippen MR) is 90.8 cm³/mol. The maximum absolute atomic E-state index is 11.8. The van der Waals surface area contributed by atoms with Crippen LogP contribution in [0.4, 0.5) is 4.79 Å². The molecule has 1 rings (SSSR count). The third-order valence-electron chi connectivity index (χ3n) is 3.03. The van der Waals surface area contributed by atoms with Crippen molar-refractivity contribution in [2.75, 3.05) is 0 Å². The Morgan fingerprint density at radius 3 is 2.05 bits per heavy atom. The molecule has 0 bridgehead atoms. The molecule has 0 fully saturated rings. The van der Waals surface area contributed by atoms with Gasteiger partial charge in [-0.05, 0) is 59.6 Å². The second-order valence-corrected chi connectivity index (χ2v) is 7.77. The minimum atomic E-state index is -0.390. The van der Waals surface area contributed by atoms with Crippen molar-refractivity contribution < 1.29 is 9.53 Å². The smallest absolute Gasteiger partial charge is 0.408 e. The molecule has 0 saturated heterocycles. The Labute approximate surface area is 134 Å². The van der Waals surface area contributed by atoms with Gasteiger partial charge in [-0.1, -0.05) is 24.3 Å². The van der Waals surface area contributed by atoms with Crippen molar-refractivity contribution in [3.05, 3.63) is 35.4 Å². The lowest BCUT2D eigenvalue weighted by atomic mass is 10.1. The molecule has 0 aliphatic rings. The fourth-order valence-electron chi connectivity index (χ4n) is 1.84. The first-order chi connectivity index (χ1) is 9.96. The topological polar surface area (TPSA) is 50.4 Å². The Bertz CT molecular complexity index is 481. The van der Waals surface area contributed by atoms with Gasteiger partial charge in [0.25, 0.3) is 0 Å². The van der Waals surface area contributed by atoms with E-state index in [0.717, 1.165) is 12.1 Å². The van der Waals surface area contributed by atoms with Crippen LogP contribution in [0.15, 0.2) is 24.3 Å². The van der Waals surface area contributed by atoms with Crippen LogP contribution < -0.4 is 10.6 Å². The summed E-state index contributed by atoms with van der Waals surface area (Å²) in [5.41, 5.74) is 2.01. The normalized spacial score (nSPS) is 13.6. The number of carbonyl (C=O) groups excluding carboxylic acids is 1. The third-order valence-corrected chi connectivity index (χ3v) is 3.03. The molecule has 1 amide bonds. The molecule has 1 atom stereocenters. The van der Waals surface area contributed by atoms with Crippen LogP contribution in [-0.4, -0.2) is 17.2 Å². The summed E-state index contributed by atoms with van der Waals surface area (Å²) in [5.74, 6) is 0. The fraction of sp³-hybridized carbons (Fsp3) is 0.611. The zero-order valence-corrected chi connectivity index (χ0v) is 14.9. The van der Waals surface area contributed by atoms with Gasteiger partial charge in [-0.15, -0.1) is 0 Å². The highest BCUT2D eigenvalue weighted by Crippen LogP contribution is 2.18. The highest BCUT2D eigenvalue weighted by molar-refractivity contribution is 5.68. The molecule has 124 valence electrons. The van der Waals surface area contributed by atoms with E-state index < -0.39 is 6.09 Å². The molecular weight excluding hydrogens is 276 g/mol. The van der Waals surface area contributed by atoms with Crippen molar-refractivity contribution in [2.24, 2.45) is 0 Å². The van der Waals surface area contributed by atoms with E-state index in [0.29, 0.717) is 0 Å². The van der Waals surface area contributed by atoms with Crippen LogP contribution in [0.2, 0.25) is 0 Å². The Morgan fingerprint density at radius 2 is 1.59 bits per heavy atom. The maximum atomic E-state index is 11.8. The molecular formula is C18H30N2O2. The first-order valence-electron chi connectivity index (χ1n) is 7.79. The van der Waals surface area contributed by atoms with Gasteiger partial charge in [0.2, 0.25) is 0 Å². The van der Waals surface area contributed by atoms with Gasteiger partial charge in [0, 0.05) is 17.6 Å². The van der Waals surface area contributed by atoms with E-state index in [2.05, 4.69) is 43.5 Å². The Balaban J connectivity index is 2.57. The van der Waals surface area contributed by atoms with Gasteiger partial charge in [0.05, 0.1) is 0 Å². The fourth-order valence-corrected chi connectivity index (χ4v) is 1.84. The summed E-state index contributed by atoms with van der Waals surface area (Å²) in [6, 6.07) is 8.15. The van der Waals surface area contributed by atoms with Crippen molar-refractivity contribution in [1.82, 2.24) is 10.6 Å². The van der Waals surface area contributed by atoms with Crippen molar-refractivity contribution in [3.63, 3.8) is 0 Å². The number of alkyl carbamates (subject to hydrolysis) is 1. The molecule has 0 aliphatic heterocycles. The van der Waals surface area contributed by atoms with Crippen LogP contribution in [0.1, 0.15) is 65.7 Å². The van der Waals surface area contributed by atoms with Crippen LogP contribution >= 0.6 is 0 Å². The number of ether oxygens (including phenoxy) is 1. The second-order valence-electron chi connectivity index (χ2n) is 7.77. The Hall–Kier alpha value is -1.55.